The van der Waals surface area contributed by atoms with Gasteiger partial charge < -0.3 is 11.1 Å². The zero-order chi connectivity index (χ0) is 10.7. The van der Waals surface area contributed by atoms with Crippen molar-refractivity contribution >= 4 is 17.1 Å². The Morgan fingerprint density at radius 1 is 1.07 bits per heavy atom. The fraction of sp³-hybridized carbons (Fsp3) is 0. The van der Waals surface area contributed by atoms with Gasteiger partial charge in [0.2, 0.25) is 0 Å². The molecule has 0 saturated carbocycles. The Hall–Kier alpha value is -2.10. The van der Waals surface area contributed by atoms with Crippen LogP contribution in [-0.4, -0.2) is 4.98 Å². The number of rotatable bonds is 2. The van der Waals surface area contributed by atoms with Gasteiger partial charge in [0, 0.05) is 23.8 Å². The fourth-order valence-corrected chi connectivity index (χ4v) is 1.22. The second kappa shape index (κ2) is 3.96. The van der Waals surface area contributed by atoms with E-state index in [4.69, 9.17) is 5.73 Å². The third-order valence-corrected chi connectivity index (χ3v) is 1.96. The van der Waals surface area contributed by atoms with Crippen LogP contribution in [0, 0.1) is 5.82 Å². The number of anilines is 3. The first-order valence-corrected chi connectivity index (χ1v) is 4.48. The molecule has 1 aromatic heterocycles. The monoisotopic (exact) mass is 203 g/mol. The van der Waals surface area contributed by atoms with Crippen molar-refractivity contribution in [3.63, 3.8) is 0 Å². The highest BCUT2D eigenvalue weighted by Crippen LogP contribution is 2.20. The van der Waals surface area contributed by atoms with Gasteiger partial charge in [0.1, 0.15) is 5.82 Å². The molecule has 1 heterocycles. The van der Waals surface area contributed by atoms with Gasteiger partial charge in [0.25, 0.3) is 0 Å². The molecule has 15 heavy (non-hydrogen) atoms. The molecule has 0 fully saturated rings. The number of nitrogens with two attached hydrogens (primary N) is 1. The molecule has 0 unspecified atom stereocenters. The van der Waals surface area contributed by atoms with E-state index in [1.165, 1.54) is 6.07 Å². The molecule has 0 saturated heterocycles. The van der Waals surface area contributed by atoms with Gasteiger partial charge in [-0.15, -0.1) is 0 Å². The van der Waals surface area contributed by atoms with Gasteiger partial charge in [-0.3, -0.25) is 4.98 Å². The third-order valence-electron chi connectivity index (χ3n) is 1.96. The molecule has 0 aliphatic rings. The summed E-state index contributed by atoms with van der Waals surface area (Å²) < 4.78 is 12.9. The molecule has 1 aromatic carbocycles. The van der Waals surface area contributed by atoms with E-state index in [-0.39, 0.29) is 5.69 Å². The first kappa shape index (κ1) is 9.45. The summed E-state index contributed by atoms with van der Waals surface area (Å²) in [5, 5.41) is 3.09. The highest BCUT2D eigenvalue weighted by atomic mass is 19.1. The van der Waals surface area contributed by atoms with E-state index in [1.54, 1.807) is 24.5 Å². The van der Waals surface area contributed by atoms with Crippen molar-refractivity contribution in [1.82, 2.24) is 4.98 Å². The zero-order valence-corrected chi connectivity index (χ0v) is 7.94. The van der Waals surface area contributed by atoms with Crippen LogP contribution in [0.15, 0.2) is 42.7 Å². The van der Waals surface area contributed by atoms with E-state index >= 15 is 0 Å². The lowest BCUT2D eigenvalue weighted by Gasteiger charge is -2.06. The van der Waals surface area contributed by atoms with Crippen molar-refractivity contribution in [3.05, 3.63) is 48.5 Å². The van der Waals surface area contributed by atoms with Crippen LogP contribution in [0.4, 0.5) is 21.5 Å². The van der Waals surface area contributed by atoms with E-state index in [0.29, 0.717) is 0 Å². The van der Waals surface area contributed by atoms with E-state index < -0.39 is 5.82 Å². The van der Waals surface area contributed by atoms with Crippen LogP contribution in [0.2, 0.25) is 0 Å². The highest BCUT2D eigenvalue weighted by Gasteiger charge is 1.99. The summed E-state index contributed by atoms with van der Waals surface area (Å²) in [5.74, 6) is -0.407. The van der Waals surface area contributed by atoms with Crippen molar-refractivity contribution in [2.75, 3.05) is 11.1 Å². The summed E-state index contributed by atoms with van der Waals surface area (Å²) in [7, 11) is 0. The molecule has 0 amide bonds. The number of nitrogen functional groups attached to an aromatic ring is 1. The zero-order valence-electron chi connectivity index (χ0n) is 7.94. The van der Waals surface area contributed by atoms with Crippen LogP contribution in [0.3, 0.4) is 0 Å². The molecule has 0 bridgehead atoms. The second-order valence-corrected chi connectivity index (χ2v) is 3.10. The van der Waals surface area contributed by atoms with E-state index in [9.17, 15) is 4.39 Å². The molecule has 0 radical (unpaired) electrons. The maximum atomic E-state index is 12.9. The van der Waals surface area contributed by atoms with Crippen molar-refractivity contribution in [1.29, 1.82) is 0 Å². The van der Waals surface area contributed by atoms with Gasteiger partial charge in [-0.25, -0.2) is 4.39 Å². The van der Waals surface area contributed by atoms with Crippen LogP contribution in [0.25, 0.3) is 0 Å². The maximum Gasteiger partial charge on any atom is 0.146 e. The first-order valence-electron chi connectivity index (χ1n) is 4.48. The van der Waals surface area contributed by atoms with E-state index in [1.807, 2.05) is 12.1 Å². The molecule has 0 spiro atoms. The Balaban J connectivity index is 2.22. The molecule has 4 heteroatoms. The molecule has 0 aliphatic carbocycles. The first-order chi connectivity index (χ1) is 7.25. The SMILES string of the molecule is Nc1cc(Nc2ccncc2)ccc1F. The molecule has 2 aromatic rings. The largest absolute Gasteiger partial charge is 0.396 e. The van der Waals surface area contributed by atoms with Crippen LogP contribution < -0.4 is 11.1 Å². The molecule has 0 aliphatic heterocycles. The summed E-state index contributed by atoms with van der Waals surface area (Å²) in [6, 6.07) is 8.15. The molecular weight excluding hydrogens is 193 g/mol. The smallest absolute Gasteiger partial charge is 0.146 e. The minimum atomic E-state index is -0.407. The summed E-state index contributed by atoms with van der Waals surface area (Å²) in [5.41, 5.74) is 7.22. The molecule has 3 N–H and O–H groups in total. The number of halogens is 1. The molecule has 0 atom stereocenters. The maximum absolute atomic E-state index is 12.9. The number of nitrogens with one attached hydrogen (secondary N) is 1. The van der Waals surface area contributed by atoms with Crippen molar-refractivity contribution in [2.45, 2.75) is 0 Å². The van der Waals surface area contributed by atoms with Gasteiger partial charge in [-0.05, 0) is 30.3 Å². The Bertz CT molecular complexity index is 457. The van der Waals surface area contributed by atoms with Gasteiger partial charge in [-0.1, -0.05) is 0 Å². The topological polar surface area (TPSA) is 50.9 Å². The minimum absolute atomic E-state index is 0.133. The van der Waals surface area contributed by atoms with Crippen LogP contribution in [-0.2, 0) is 0 Å². The molecule has 2 rings (SSSR count). The lowest BCUT2D eigenvalue weighted by Crippen LogP contribution is -1.94. The minimum Gasteiger partial charge on any atom is -0.396 e. The summed E-state index contributed by atoms with van der Waals surface area (Å²) >= 11 is 0. The number of hydrogen-bond donors (Lipinski definition) is 2. The van der Waals surface area contributed by atoms with Crippen molar-refractivity contribution in [3.8, 4) is 0 Å². The number of hydrogen-bond acceptors (Lipinski definition) is 3. The number of aromatic nitrogens is 1. The van der Waals surface area contributed by atoms with Gasteiger partial charge in [0.15, 0.2) is 0 Å². The van der Waals surface area contributed by atoms with Gasteiger partial charge in [0.05, 0.1) is 5.69 Å². The average molecular weight is 203 g/mol. The third kappa shape index (κ3) is 2.22. The van der Waals surface area contributed by atoms with Gasteiger partial charge >= 0.3 is 0 Å². The summed E-state index contributed by atoms with van der Waals surface area (Å²) in [6.45, 7) is 0. The van der Waals surface area contributed by atoms with Gasteiger partial charge in [-0.2, -0.15) is 0 Å². The lowest BCUT2D eigenvalue weighted by molar-refractivity contribution is 0.633. The second-order valence-electron chi connectivity index (χ2n) is 3.10. The normalized spacial score (nSPS) is 9.93. The van der Waals surface area contributed by atoms with Crippen molar-refractivity contribution < 1.29 is 4.39 Å². The Morgan fingerprint density at radius 2 is 1.80 bits per heavy atom. The lowest BCUT2D eigenvalue weighted by atomic mass is 10.2. The highest BCUT2D eigenvalue weighted by molar-refractivity contribution is 5.63. The summed E-state index contributed by atoms with van der Waals surface area (Å²) in [6.07, 6.45) is 3.35. The van der Waals surface area contributed by atoms with E-state index in [0.717, 1.165) is 11.4 Å². The predicted molar refractivity (Wildman–Crippen MR) is 58.3 cm³/mol. The molecule has 3 nitrogen and oxygen atoms in total. The Kier molecular flexibility index (Phi) is 2.49. The van der Waals surface area contributed by atoms with E-state index in [2.05, 4.69) is 10.3 Å². The standard InChI is InChI=1S/C11H10FN3/c12-10-2-1-9(7-11(10)13)15-8-3-5-14-6-4-8/h1-7H,13H2,(H,14,15). The van der Waals surface area contributed by atoms with Crippen LogP contribution in [0.1, 0.15) is 0 Å². The Morgan fingerprint density at radius 3 is 2.47 bits per heavy atom. The molecular formula is C11H10FN3. The average Bonchev–Trinajstić information content (AvgIpc) is 2.25. The summed E-state index contributed by atoms with van der Waals surface area (Å²) in [4.78, 5) is 3.89. The number of benzene rings is 1. The van der Waals surface area contributed by atoms with Crippen molar-refractivity contribution in [2.24, 2.45) is 0 Å². The predicted octanol–water partition coefficient (Wildman–Crippen LogP) is 2.55. The number of nitrogens with zero attached hydrogens (tertiary/aromatic N) is 1. The van der Waals surface area contributed by atoms with Crippen LogP contribution >= 0.6 is 0 Å². The quantitative estimate of drug-likeness (QED) is 0.737. The van der Waals surface area contributed by atoms with Crippen LogP contribution in [0.5, 0.6) is 0 Å². The molecule has 76 valence electrons. The fourth-order valence-electron chi connectivity index (χ4n) is 1.22. The number of pyridine rings is 1. The Labute approximate surface area is 86.8 Å².